The van der Waals surface area contributed by atoms with Gasteiger partial charge in [-0.3, -0.25) is 24.3 Å². The summed E-state index contributed by atoms with van der Waals surface area (Å²) < 4.78 is 11.4. The van der Waals surface area contributed by atoms with Crippen LogP contribution in [0, 0.1) is 21.4 Å². The molecule has 2 aromatic rings. The topological polar surface area (TPSA) is 136 Å². The van der Waals surface area contributed by atoms with E-state index >= 15 is 0 Å². The monoisotopic (exact) mass is 370 g/mol. The van der Waals surface area contributed by atoms with E-state index in [2.05, 4.69) is 5.32 Å². The third-order valence-corrected chi connectivity index (χ3v) is 3.99. The van der Waals surface area contributed by atoms with Gasteiger partial charge in [0.1, 0.15) is 18.2 Å². The second kappa shape index (κ2) is 7.17. The van der Waals surface area contributed by atoms with Crippen LogP contribution in [0.15, 0.2) is 35.3 Å². The number of carbonyl (C=O) groups is 1. The molecule has 0 radical (unpaired) electrons. The zero-order valence-electron chi connectivity index (χ0n) is 14.2. The zero-order valence-corrected chi connectivity index (χ0v) is 14.2. The van der Waals surface area contributed by atoms with Crippen LogP contribution in [-0.2, 0) is 11.3 Å². The number of nitriles is 1. The summed E-state index contributed by atoms with van der Waals surface area (Å²) in [5.74, 6) is 0.651. The van der Waals surface area contributed by atoms with Gasteiger partial charge in [0.25, 0.3) is 11.2 Å². The van der Waals surface area contributed by atoms with Crippen LogP contribution in [0.5, 0.6) is 11.5 Å². The molecule has 0 spiro atoms. The lowest BCUT2D eigenvalue weighted by Gasteiger charge is -2.15. The van der Waals surface area contributed by atoms with Gasteiger partial charge in [0.05, 0.1) is 17.2 Å². The summed E-state index contributed by atoms with van der Waals surface area (Å²) in [6, 6.07) is 7.31. The molecule has 0 bridgehead atoms. The Morgan fingerprint density at radius 2 is 2.15 bits per heavy atom. The van der Waals surface area contributed by atoms with Crippen LogP contribution in [0.25, 0.3) is 0 Å². The Hall–Kier alpha value is -3.87. The highest BCUT2D eigenvalue weighted by Crippen LogP contribution is 2.34. The largest absolute Gasteiger partial charge is 0.454 e. The van der Waals surface area contributed by atoms with Crippen molar-refractivity contribution in [2.24, 2.45) is 0 Å². The number of aromatic nitrogens is 1. The van der Waals surface area contributed by atoms with Crippen LogP contribution < -0.4 is 20.3 Å². The molecule has 27 heavy (non-hydrogen) atoms. The highest BCUT2D eigenvalue weighted by molar-refractivity contribution is 5.76. The second-order valence-corrected chi connectivity index (χ2v) is 5.82. The van der Waals surface area contributed by atoms with Gasteiger partial charge >= 0.3 is 0 Å². The third-order valence-electron chi connectivity index (χ3n) is 3.99. The number of benzene rings is 1. The van der Waals surface area contributed by atoms with E-state index in [9.17, 15) is 19.7 Å². The Morgan fingerprint density at radius 3 is 2.85 bits per heavy atom. The van der Waals surface area contributed by atoms with Crippen molar-refractivity contribution in [2.75, 3.05) is 6.79 Å². The van der Waals surface area contributed by atoms with Crippen molar-refractivity contribution in [1.82, 2.24) is 9.88 Å². The predicted molar refractivity (Wildman–Crippen MR) is 91.2 cm³/mol. The summed E-state index contributed by atoms with van der Waals surface area (Å²) >= 11 is 0. The number of hydrogen-bond donors (Lipinski definition) is 1. The van der Waals surface area contributed by atoms with Crippen molar-refractivity contribution in [3.8, 4) is 17.6 Å². The molecule has 1 atom stereocenters. The standard InChI is InChI=1S/C17H14N4O6/c1-10(11-2-3-14-15(5-11)27-9-26-14)19-16(22)8-20-7-13(21(24)25)4-12(6-18)17(20)23/h2-5,7,10H,8-9H2,1H3,(H,19,22)/t10-/m0/s1. The van der Waals surface area contributed by atoms with Gasteiger partial charge in [0.2, 0.25) is 12.7 Å². The summed E-state index contributed by atoms with van der Waals surface area (Å²) in [7, 11) is 0. The maximum atomic E-state index is 12.3. The van der Waals surface area contributed by atoms with Gasteiger partial charge < -0.3 is 14.8 Å². The number of pyridine rings is 1. The SMILES string of the molecule is C[C@H](NC(=O)Cn1cc([N+](=O)[O-])cc(C#N)c1=O)c1ccc2c(c1)OCO2. The third kappa shape index (κ3) is 3.72. The van der Waals surface area contributed by atoms with E-state index in [4.69, 9.17) is 14.7 Å². The van der Waals surface area contributed by atoms with Crippen LogP contribution in [0.1, 0.15) is 24.1 Å². The van der Waals surface area contributed by atoms with E-state index in [1.807, 2.05) is 0 Å². The van der Waals surface area contributed by atoms with E-state index in [1.54, 1.807) is 31.2 Å². The van der Waals surface area contributed by atoms with Crippen molar-refractivity contribution in [1.29, 1.82) is 5.26 Å². The van der Waals surface area contributed by atoms with Crippen LogP contribution in [0.4, 0.5) is 5.69 Å². The molecule has 1 aromatic carbocycles. The minimum Gasteiger partial charge on any atom is -0.454 e. The Labute approximate surface area is 152 Å². The Bertz CT molecular complexity index is 1020. The molecule has 1 aliphatic rings. The van der Waals surface area contributed by atoms with Gasteiger partial charge in [0, 0.05) is 6.07 Å². The molecule has 0 fully saturated rings. The fraction of sp³-hybridized carbons (Fsp3) is 0.235. The maximum Gasteiger partial charge on any atom is 0.287 e. The Balaban J connectivity index is 1.76. The molecule has 0 saturated heterocycles. The number of fused-ring (bicyclic) bond motifs is 1. The van der Waals surface area contributed by atoms with E-state index in [0.717, 1.165) is 22.4 Å². The van der Waals surface area contributed by atoms with Crippen LogP contribution in [-0.4, -0.2) is 22.2 Å². The molecule has 0 unspecified atom stereocenters. The molecule has 1 aliphatic heterocycles. The Kier molecular flexibility index (Phi) is 4.76. The predicted octanol–water partition coefficient (Wildman–Crippen LogP) is 1.23. The molecule has 10 heteroatoms. The number of rotatable bonds is 5. The first-order chi connectivity index (χ1) is 12.9. The first-order valence-corrected chi connectivity index (χ1v) is 7.87. The highest BCUT2D eigenvalue weighted by Gasteiger charge is 2.19. The number of nitrogens with one attached hydrogen (secondary N) is 1. The number of nitrogens with zero attached hydrogens (tertiary/aromatic N) is 3. The smallest absolute Gasteiger partial charge is 0.287 e. The molecule has 1 amide bonds. The van der Waals surface area contributed by atoms with Crippen LogP contribution >= 0.6 is 0 Å². The van der Waals surface area contributed by atoms with E-state index in [1.165, 1.54) is 0 Å². The van der Waals surface area contributed by atoms with Gasteiger partial charge in [-0.2, -0.15) is 5.26 Å². The van der Waals surface area contributed by atoms with Crippen molar-refractivity contribution in [2.45, 2.75) is 19.5 Å². The first-order valence-electron chi connectivity index (χ1n) is 7.87. The lowest BCUT2D eigenvalue weighted by atomic mass is 10.1. The van der Waals surface area contributed by atoms with E-state index in [-0.39, 0.29) is 6.79 Å². The molecule has 1 N–H and O–H groups in total. The molecule has 3 rings (SSSR count). The van der Waals surface area contributed by atoms with Crippen molar-refractivity contribution < 1.29 is 19.2 Å². The number of ether oxygens (including phenoxy) is 2. The molecule has 0 aliphatic carbocycles. The van der Waals surface area contributed by atoms with Gasteiger partial charge in [-0.05, 0) is 24.6 Å². The van der Waals surface area contributed by atoms with E-state index in [0.29, 0.717) is 11.5 Å². The van der Waals surface area contributed by atoms with Gasteiger partial charge in [0.15, 0.2) is 11.5 Å². The number of hydrogen-bond acceptors (Lipinski definition) is 7. The lowest BCUT2D eigenvalue weighted by molar-refractivity contribution is -0.385. The minimum atomic E-state index is -0.769. The van der Waals surface area contributed by atoms with Crippen LogP contribution in [0.2, 0.25) is 0 Å². The average molecular weight is 370 g/mol. The minimum absolute atomic E-state index is 0.135. The van der Waals surface area contributed by atoms with Gasteiger partial charge in [-0.15, -0.1) is 0 Å². The fourth-order valence-corrected chi connectivity index (χ4v) is 2.62. The summed E-state index contributed by atoms with van der Waals surface area (Å²) in [6.07, 6.45) is 0.938. The molecule has 0 saturated carbocycles. The average Bonchev–Trinajstić information content (AvgIpc) is 3.10. The van der Waals surface area contributed by atoms with Crippen molar-refractivity contribution in [3.63, 3.8) is 0 Å². The molecular weight excluding hydrogens is 356 g/mol. The van der Waals surface area contributed by atoms with Crippen molar-refractivity contribution >= 4 is 11.6 Å². The summed E-state index contributed by atoms with van der Waals surface area (Å²) in [4.78, 5) is 34.6. The van der Waals surface area contributed by atoms with Crippen molar-refractivity contribution in [3.05, 3.63) is 62.1 Å². The summed E-state index contributed by atoms with van der Waals surface area (Å²) in [5.41, 5.74) is -0.853. The van der Waals surface area contributed by atoms with Gasteiger partial charge in [-0.25, -0.2) is 0 Å². The first kappa shape index (κ1) is 17.9. The molecular formula is C17H14N4O6. The van der Waals surface area contributed by atoms with Crippen LogP contribution in [0.3, 0.4) is 0 Å². The Morgan fingerprint density at radius 1 is 1.41 bits per heavy atom. The fourth-order valence-electron chi connectivity index (χ4n) is 2.62. The summed E-state index contributed by atoms with van der Waals surface area (Å²) in [5, 5.41) is 22.6. The highest BCUT2D eigenvalue weighted by atomic mass is 16.7. The zero-order chi connectivity index (χ0) is 19.6. The summed E-state index contributed by atoms with van der Waals surface area (Å²) in [6.45, 7) is 1.42. The second-order valence-electron chi connectivity index (χ2n) is 5.82. The number of carbonyl (C=O) groups excluding carboxylic acids is 1. The maximum absolute atomic E-state index is 12.3. The lowest BCUT2D eigenvalue weighted by Crippen LogP contribution is -2.34. The number of nitro groups is 1. The van der Waals surface area contributed by atoms with Gasteiger partial charge in [-0.1, -0.05) is 6.07 Å². The quantitative estimate of drug-likeness (QED) is 0.617. The van der Waals surface area contributed by atoms with E-state index < -0.39 is 40.2 Å². The molecule has 1 aromatic heterocycles. The molecule has 138 valence electrons. The number of amides is 1. The molecule has 10 nitrogen and oxygen atoms in total. The molecule has 2 heterocycles. The normalized spacial score (nSPS) is 12.9.